The van der Waals surface area contributed by atoms with Gasteiger partial charge in [0.2, 0.25) is 5.82 Å². The fraction of sp³-hybridized carbons (Fsp3) is 0. The highest BCUT2D eigenvalue weighted by molar-refractivity contribution is 6.35. The molecule has 0 saturated heterocycles. The van der Waals surface area contributed by atoms with E-state index in [0.29, 0.717) is 21.6 Å². The molecule has 1 N–H and O–H groups in total. The third-order valence-electron chi connectivity index (χ3n) is 2.83. The Morgan fingerprint density at radius 1 is 1.26 bits per heavy atom. The van der Waals surface area contributed by atoms with Crippen LogP contribution in [0.4, 0.5) is 17.2 Å². The van der Waals surface area contributed by atoms with Crippen LogP contribution in [-0.2, 0) is 0 Å². The number of nitro groups is 1. The van der Waals surface area contributed by atoms with Gasteiger partial charge in [0.1, 0.15) is 0 Å². The largest absolute Gasteiger partial charge is 0.332 e. The molecule has 0 aliphatic rings. The van der Waals surface area contributed by atoms with Crippen LogP contribution in [0.5, 0.6) is 0 Å². The van der Waals surface area contributed by atoms with Crippen LogP contribution in [0, 0.1) is 10.1 Å². The number of hydrogen-bond acceptors (Lipinski definition) is 6. The van der Waals surface area contributed by atoms with E-state index in [0.717, 1.165) is 0 Å². The molecule has 0 fully saturated rings. The Bertz CT molecular complexity index is 882. The molecule has 0 atom stereocenters. The topological polar surface area (TPSA) is 98.8 Å². The summed E-state index contributed by atoms with van der Waals surface area (Å²) in [5.41, 5.74) is 0.363. The van der Waals surface area contributed by atoms with Gasteiger partial charge in [0, 0.05) is 18.5 Å². The van der Waals surface area contributed by atoms with Crippen LogP contribution in [0.1, 0.15) is 0 Å². The van der Waals surface area contributed by atoms with E-state index in [1.165, 1.54) is 35.4 Å². The first-order valence-electron chi connectivity index (χ1n) is 6.27. The Hall–Kier alpha value is -2.71. The molecule has 0 aliphatic carbocycles. The molecule has 8 nitrogen and oxygen atoms in total. The molecule has 10 heteroatoms. The second-order valence-corrected chi connectivity index (χ2v) is 5.23. The fourth-order valence-electron chi connectivity index (χ4n) is 1.86. The molecule has 0 bridgehead atoms. The number of pyridine rings is 2. The van der Waals surface area contributed by atoms with E-state index < -0.39 is 4.92 Å². The van der Waals surface area contributed by atoms with Crippen molar-refractivity contribution in [2.75, 3.05) is 5.32 Å². The van der Waals surface area contributed by atoms with Gasteiger partial charge in [-0.3, -0.25) is 10.1 Å². The summed E-state index contributed by atoms with van der Waals surface area (Å²) in [6.45, 7) is 0. The van der Waals surface area contributed by atoms with Crippen molar-refractivity contribution in [3.8, 4) is 5.82 Å². The smallest absolute Gasteiger partial charge is 0.311 e. The van der Waals surface area contributed by atoms with E-state index in [4.69, 9.17) is 23.2 Å². The first-order chi connectivity index (χ1) is 11.0. The van der Waals surface area contributed by atoms with Gasteiger partial charge in [0.15, 0.2) is 5.82 Å². The highest BCUT2D eigenvalue weighted by Crippen LogP contribution is 2.26. The summed E-state index contributed by atoms with van der Waals surface area (Å²) in [6.07, 6.45) is 5.96. The summed E-state index contributed by atoms with van der Waals surface area (Å²) >= 11 is 11.9. The van der Waals surface area contributed by atoms with E-state index in [9.17, 15) is 10.1 Å². The van der Waals surface area contributed by atoms with Gasteiger partial charge in [0.25, 0.3) is 0 Å². The van der Waals surface area contributed by atoms with Crippen molar-refractivity contribution >= 4 is 40.4 Å². The zero-order chi connectivity index (χ0) is 16.4. The zero-order valence-electron chi connectivity index (χ0n) is 11.3. The highest BCUT2D eigenvalue weighted by atomic mass is 35.5. The number of aromatic nitrogens is 4. The molecule has 0 radical (unpaired) electrons. The Morgan fingerprint density at radius 2 is 2.09 bits per heavy atom. The van der Waals surface area contributed by atoms with Gasteiger partial charge in [-0.15, -0.1) is 0 Å². The van der Waals surface area contributed by atoms with Gasteiger partial charge in [-0.05, 0) is 12.1 Å². The fourth-order valence-corrected chi connectivity index (χ4v) is 2.32. The molecular formula is C13H8Cl2N6O2. The summed E-state index contributed by atoms with van der Waals surface area (Å²) in [6, 6.07) is 4.39. The summed E-state index contributed by atoms with van der Waals surface area (Å²) in [5.74, 6) is 0.506. The zero-order valence-corrected chi connectivity index (χ0v) is 12.9. The predicted molar refractivity (Wildman–Crippen MR) is 85.6 cm³/mol. The van der Waals surface area contributed by atoms with Crippen molar-refractivity contribution in [3.05, 3.63) is 63.1 Å². The first-order valence-corrected chi connectivity index (χ1v) is 7.02. The van der Waals surface area contributed by atoms with Gasteiger partial charge in [-0.25, -0.2) is 14.6 Å². The van der Waals surface area contributed by atoms with Crippen molar-refractivity contribution in [1.82, 2.24) is 19.7 Å². The molecule has 23 heavy (non-hydrogen) atoms. The third kappa shape index (κ3) is 3.22. The maximum absolute atomic E-state index is 11.0. The molecule has 3 aromatic heterocycles. The van der Waals surface area contributed by atoms with Crippen LogP contribution in [-0.4, -0.2) is 24.7 Å². The first kappa shape index (κ1) is 15.2. The van der Waals surface area contributed by atoms with E-state index >= 15 is 0 Å². The molecule has 0 saturated carbocycles. The van der Waals surface area contributed by atoms with Crippen LogP contribution < -0.4 is 5.32 Å². The predicted octanol–water partition coefficient (Wildman–Crippen LogP) is 3.62. The number of rotatable bonds is 4. The Morgan fingerprint density at radius 3 is 2.83 bits per heavy atom. The van der Waals surface area contributed by atoms with E-state index in [1.54, 1.807) is 12.3 Å². The van der Waals surface area contributed by atoms with E-state index in [2.05, 4.69) is 20.4 Å². The van der Waals surface area contributed by atoms with Crippen molar-refractivity contribution < 1.29 is 4.92 Å². The van der Waals surface area contributed by atoms with Gasteiger partial charge in [-0.2, -0.15) is 5.10 Å². The molecule has 3 rings (SSSR count). The van der Waals surface area contributed by atoms with Crippen LogP contribution >= 0.6 is 23.2 Å². The Labute approximate surface area is 139 Å². The Kier molecular flexibility index (Phi) is 4.09. The van der Waals surface area contributed by atoms with Crippen molar-refractivity contribution in [2.24, 2.45) is 0 Å². The molecule has 0 aliphatic heterocycles. The standard InChI is InChI=1S/C13H8Cl2N6O2/c14-8-4-10(15)13(17-5-8)20-7-9(6-18-20)19-12-11(21(22)23)2-1-3-16-12/h1-7H,(H,16,19). The lowest BCUT2D eigenvalue weighted by atomic mass is 10.4. The highest BCUT2D eigenvalue weighted by Gasteiger charge is 2.15. The number of anilines is 2. The number of hydrogen-bond donors (Lipinski definition) is 1. The van der Waals surface area contributed by atoms with Crippen LogP contribution in [0.3, 0.4) is 0 Å². The molecule has 0 aromatic carbocycles. The minimum Gasteiger partial charge on any atom is -0.332 e. The second-order valence-electron chi connectivity index (χ2n) is 4.39. The molecular weight excluding hydrogens is 343 g/mol. The summed E-state index contributed by atoms with van der Waals surface area (Å²) in [7, 11) is 0. The molecule has 0 amide bonds. The normalized spacial score (nSPS) is 10.5. The van der Waals surface area contributed by atoms with Crippen molar-refractivity contribution in [1.29, 1.82) is 0 Å². The van der Waals surface area contributed by atoms with Crippen molar-refractivity contribution in [3.63, 3.8) is 0 Å². The maximum atomic E-state index is 11.0. The second kappa shape index (κ2) is 6.19. The average molecular weight is 351 g/mol. The molecule has 0 spiro atoms. The number of halogens is 2. The SMILES string of the molecule is O=[N+]([O-])c1cccnc1Nc1cnn(-c2ncc(Cl)cc2Cl)c1. The number of nitrogens with one attached hydrogen (secondary N) is 1. The van der Waals surface area contributed by atoms with Gasteiger partial charge < -0.3 is 5.32 Å². The number of nitrogens with zero attached hydrogens (tertiary/aromatic N) is 5. The Balaban J connectivity index is 1.90. The van der Waals surface area contributed by atoms with Crippen LogP contribution in [0.15, 0.2) is 43.0 Å². The lowest BCUT2D eigenvalue weighted by molar-refractivity contribution is -0.384. The summed E-state index contributed by atoms with van der Waals surface area (Å²) in [4.78, 5) is 18.5. The van der Waals surface area contributed by atoms with E-state index in [-0.39, 0.29) is 11.5 Å². The summed E-state index contributed by atoms with van der Waals surface area (Å²) < 4.78 is 1.43. The van der Waals surface area contributed by atoms with Gasteiger partial charge >= 0.3 is 5.69 Å². The van der Waals surface area contributed by atoms with Crippen LogP contribution in [0.25, 0.3) is 5.82 Å². The summed E-state index contributed by atoms with van der Waals surface area (Å²) in [5, 5.41) is 18.7. The van der Waals surface area contributed by atoms with Crippen LogP contribution in [0.2, 0.25) is 10.0 Å². The maximum Gasteiger partial charge on any atom is 0.311 e. The molecule has 0 unspecified atom stereocenters. The molecule has 3 heterocycles. The van der Waals surface area contributed by atoms with Crippen molar-refractivity contribution in [2.45, 2.75) is 0 Å². The molecule has 116 valence electrons. The van der Waals surface area contributed by atoms with E-state index in [1.807, 2.05) is 0 Å². The lowest BCUT2D eigenvalue weighted by Crippen LogP contribution is -1.99. The quantitative estimate of drug-likeness (QED) is 0.569. The average Bonchev–Trinajstić information content (AvgIpc) is 2.96. The third-order valence-corrected chi connectivity index (χ3v) is 3.32. The lowest BCUT2D eigenvalue weighted by Gasteiger charge is -2.04. The minimum absolute atomic E-state index is 0.118. The minimum atomic E-state index is -0.516. The molecule has 3 aromatic rings. The van der Waals surface area contributed by atoms with Gasteiger partial charge in [-0.1, -0.05) is 23.2 Å². The monoisotopic (exact) mass is 350 g/mol. The van der Waals surface area contributed by atoms with Gasteiger partial charge in [0.05, 0.1) is 33.0 Å².